The average Bonchev–Trinajstić information content (AvgIpc) is 2.46. The van der Waals surface area contributed by atoms with Crippen LogP contribution in [-0.2, 0) is 0 Å². The molecule has 0 bridgehead atoms. The van der Waals surface area contributed by atoms with E-state index in [4.69, 9.17) is 11.6 Å². The quantitative estimate of drug-likeness (QED) is 0.855. The number of carbonyl (C=O) groups is 1. The van der Waals surface area contributed by atoms with Gasteiger partial charge in [0.05, 0.1) is 0 Å². The van der Waals surface area contributed by atoms with Crippen LogP contribution in [0.4, 0.5) is 0 Å². The van der Waals surface area contributed by atoms with E-state index in [0.717, 1.165) is 17.2 Å². The predicted octanol–water partition coefficient (Wildman–Crippen LogP) is 3.62. The third-order valence-electron chi connectivity index (χ3n) is 3.43. The summed E-state index contributed by atoms with van der Waals surface area (Å²) in [5, 5.41) is 4.94. The van der Waals surface area contributed by atoms with Crippen LogP contribution >= 0.6 is 11.6 Å². The van der Waals surface area contributed by atoms with Crippen LogP contribution in [0.2, 0.25) is 0 Å². The fourth-order valence-corrected chi connectivity index (χ4v) is 2.46. The molecule has 0 radical (unpaired) electrons. The number of amides is 1. The number of carbonyl (C=O) groups excluding carboxylic acids is 1. The van der Waals surface area contributed by atoms with Gasteiger partial charge in [0.15, 0.2) is 0 Å². The minimum atomic E-state index is -0.134. The molecule has 0 aliphatic heterocycles. The van der Waals surface area contributed by atoms with Gasteiger partial charge in [0.2, 0.25) is 0 Å². The number of hydrogen-bond donors (Lipinski definition) is 1. The highest BCUT2D eigenvalue weighted by atomic mass is 35.5. The van der Waals surface area contributed by atoms with Gasteiger partial charge < -0.3 is 5.32 Å². The van der Waals surface area contributed by atoms with Crippen molar-refractivity contribution < 1.29 is 4.79 Å². The van der Waals surface area contributed by atoms with Gasteiger partial charge in [-0.1, -0.05) is 38.1 Å². The Hall–Kier alpha value is -1.61. The van der Waals surface area contributed by atoms with Crippen LogP contribution in [0.5, 0.6) is 0 Å². The molecule has 1 aromatic heterocycles. The van der Waals surface area contributed by atoms with Gasteiger partial charge in [-0.3, -0.25) is 9.78 Å². The minimum absolute atomic E-state index is 0.0702. The molecule has 0 fully saturated rings. The molecular formula is C16H19ClN2O. The highest BCUT2D eigenvalue weighted by Crippen LogP contribution is 2.17. The Bertz CT molecular complexity index is 593. The highest BCUT2D eigenvalue weighted by molar-refractivity contribution is 6.17. The van der Waals surface area contributed by atoms with Crippen LogP contribution in [0.3, 0.4) is 0 Å². The standard InChI is InChI=1S/C16H19ClN2O/c1-11(2)14(7-9-17)19-16(20)15-13-6-4-3-5-12(13)8-10-18-15/h3-6,8,10-11,14H,7,9H2,1-2H3,(H,19,20). The molecule has 106 valence electrons. The molecule has 1 aromatic carbocycles. The van der Waals surface area contributed by atoms with Crippen molar-refractivity contribution in [2.24, 2.45) is 5.92 Å². The number of fused-ring (bicyclic) bond motifs is 1. The number of pyridine rings is 1. The zero-order chi connectivity index (χ0) is 14.5. The molecule has 2 aromatic rings. The second-order valence-corrected chi connectivity index (χ2v) is 5.56. The van der Waals surface area contributed by atoms with E-state index >= 15 is 0 Å². The third-order valence-corrected chi connectivity index (χ3v) is 3.65. The van der Waals surface area contributed by atoms with Crippen LogP contribution in [0.25, 0.3) is 10.8 Å². The van der Waals surface area contributed by atoms with Gasteiger partial charge >= 0.3 is 0 Å². The van der Waals surface area contributed by atoms with Crippen molar-refractivity contribution in [3.05, 3.63) is 42.2 Å². The lowest BCUT2D eigenvalue weighted by molar-refractivity contribution is 0.0921. The zero-order valence-electron chi connectivity index (χ0n) is 11.8. The summed E-state index contributed by atoms with van der Waals surface area (Å²) in [5.41, 5.74) is 0.475. The summed E-state index contributed by atoms with van der Waals surface area (Å²) in [7, 11) is 0. The Morgan fingerprint density at radius 1 is 1.30 bits per heavy atom. The lowest BCUT2D eigenvalue weighted by Crippen LogP contribution is -2.39. The second kappa shape index (κ2) is 6.71. The Morgan fingerprint density at radius 2 is 2.05 bits per heavy atom. The van der Waals surface area contributed by atoms with Crippen LogP contribution in [0.1, 0.15) is 30.8 Å². The number of nitrogens with one attached hydrogen (secondary N) is 1. The Labute approximate surface area is 124 Å². The molecule has 1 heterocycles. The Kier molecular flexibility index (Phi) is 4.96. The minimum Gasteiger partial charge on any atom is -0.348 e. The van der Waals surface area contributed by atoms with E-state index in [9.17, 15) is 4.79 Å². The first-order valence-electron chi connectivity index (χ1n) is 6.84. The largest absolute Gasteiger partial charge is 0.348 e. The van der Waals surface area contributed by atoms with Crippen LogP contribution < -0.4 is 5.32 Å². The average molecular weight is 291 g/mol. The number of halogens is 1. The molecule has 1 atom stereocenters. The number of benzene rings is 1. The SMILES string of the molecule is CC(C)C(CCCl)NC(=O)c1nccc2ccccc12. The molecular weight excluding hydrogens is 272 g/mol. The van der Waals surface area contributed by atoms with Crippen molar-refractivity contribution in [2.75, 3.05) is 5.88 Å². The number of rotatable bonds is 5. The molecule has 1 N–H and O–H groups in total. The van der Waals surface area contributed by atoms with Gasteiger partial charge in [-0.05, 0) is 23.8 Å². The lowest BCUT2D eigenvalue weighted by atomic mass is 10.0. The van der Waals surface area contributed by atoms with Crippen LogP contribution in [0.15, 0.2) is 36.5 Å². The summed E-state index contributed by atoms with van der Waals surface area (Å²) in [6.07, 6.45) is 2.43. The molecule has 0 aliphatic carbocycles. The fourth-order valence-electron chi connectivity index (χ4n) is 2.23. The molecule has 20 heavy (non-hydrogen) atoms. The van der Waals surface area contributed by atoms with Gasteiger partial charge in [-0.25, -0.2) is 0 Å². The van der Waals surface area contributed by atoms with Crippen molar-refractivity contribution in [1.29, 1.82) is 0 Å². The number of hydrogen-bond acceptors (Lipinski definition) is 2. The molecule has 0 saturated carbocycles. The monoisotopic (exact) mass is 290 g/mol. The molecule has 3 nitrogen and oxygen atoms in total. The Morgan fingerprint density at radius 3 is 2.75 bits per heavy atom. The number of alkyl halides is 1. The first-order chi connectivity index (χ1) is 9.63. The van der Waals surface area contributed by atoms with Gasteiger partial charge in [0.1, 0.15) is 5.69 Å². The molecule has 4 heteroatoms. The van der Waals surface area contributed by atoms with Gasteiger partial charge in [-0.2, -0.15) is 0 Å². The molecule has 2 rings (SSSR count). The van der Waals surface area contributed by atoms with E-state index < -0.39 is 0 Å². The van der Waals surface area contributed by atoms with E-state index in [1.54, 1.807) is 6.20 Å². The Balaban J connectivity index is 2.27. The van der Waals surface area contributed by atoms with E-state index in [1.165, 1.54) is 0 Å². The molecule has 0 spiro atoms. The van der Waals surface area contributed by atoms with Crippen molar-refractivity contribution in [2.45, 2.75) is 26.3 Å². The van der Waals surface area contributed by atoms with Crippen molar-refractivity contribution in [3.63, 3.8) is 0 Å². The van der Waals surface area contributed by atoms with E-state index in [-0.39, 0.29) is 11.9 Å². The normalized spacial score (nSPS) is 12.6. The van der Waals surface area contributed by atoms with E-state index in [1.807, 2.05) is 30.3 Å². The maximum Gasteiger partial charge on any atom is 0.270 e. The lowest BCUT2D eigenvalue weighted by Gasteiger charge is -2.21. The smallest absolute Gasteiger partial charge is 0.270 e. The van der Waals surface area contributed by atoms with Gasteiger partial charge in [0, 0.05) is 23.5 Å². The summed E-state index contributed by atoms with van der Waals surface area (Å²) in [6, 6.07) is 9.75. The molecule has 1 amide bonds. The second-order valence-electron chi connectivity index (χ2n) is 5.18. The highest BCUT2D eigenvalue weighted by Gasteiger charge is 2.18. The van der Waals surface area contributed by atoms with E-state index in [0.29, 0.717) is 17.5 Å². The predicted molar refractivity (Wildman–Crippen MR) is 83.2 cm³/mol. The van der Waals surface area contributed by atoms with Crippen LogP contribution in [0, 0.1) is 5.92 Å². The third kappa shape index (κ3) is 3.28. The van der Waals surface area contributed by atoms with Crippen molar-refractivity contribution in [3.8, 4) is 0 Å². The first kappa shape index (κ1) is 14.8. The molecule has 0 saturated heterocycles. The van der Waals surface area contributed by atoms with E-state index in [2.05, 4.69) is 24.1 Å². The van der Waals surface area contributed by atoms with Crippen molar-refractivity contribution >= 4 is 28.3 Å². The van der Waals surface area contributed by atoms with Crippen LogP contribution in [-0.4, -0.2) is 22.8 Å². The summed E-state index contributed by atoms with van der Waals surface area (Å²) >= 11 is 5.80. The summed E-state index contributed by atoms with van der Waals surface area (Å²) in [6.45, 7) is 4.15. The first-order valence-corrected chi connectivity index (χ1v) is 7.37. The van der Waals surface area contributed by atoms with Crippen molar-refractivity contribution in [1.82, 2.24) is 10.3 Å². The van der Waals surface area contributed by atoms with Gasteiger partial charge in [0.25, 0.3) is 5.91 Å². The fraction of sp³-hybridized carbons (Fsp3) is 0.375. The van der Waals surface area contributed by atoms with Gasteiger partial charge in [-0.15, -0.1) is 11.6 Å². The maximum atomic E-state index is 12.4. The summed E-state index contributed by atoms with van der Waals surface area (Å²) in [5.74, 6) is 0.741. The molecule has 1 unspecified atom stereocenters. The summed E-state index contributed by atoms with van der Waals surface area (Å²) < 4.78 is 0. The molecule has 0 aliphatic rings. The topological polar surface area (TPSA) is 42.0 Å². The number of aromatic nitrogens is 1. The maximum absolute atomic E-state index is 12.4. The number of nitrogens with zero attached hydrogens (tertiary/aromatic N) is 1. The zero-order valence-corrected chi connectivity index (χ0v) is 12.5. The summed E-state index contributed by atoms with van der Waals surface area (Å²) in [4.78, 5) is 16.7.